The lowest BCUT2D eigenvalue weighted by Gasteiger charge is -2.32. The van der Waals surface area contributed by atoms with Gasteiger partial charge in [0.15, 0.2) is 0 Å². The van der Waals surface area contributed by atoms with Crippen LogP contribution in [-0.4, -0.2) is 59.5 Å². The molecule has 0 unspecified atom stereocenters. The zero-order valence-corrected chi connectivity index (χ0v) is 11.5. The number of carbonyl (C=O) groups is 1. The van der Waals surface area contributed by atoms with Crippen LogP contribution in [0.4, 0.5) is 0 Å². The number of nitrogens with zero attached hydrogens (tertiary/aromatic N) is 3. The van der Waals surface area contributed by atoms with Crippen molar-refractivity contribution in [3.05, 3.63) is 24.0 Å². The number of hydrogen-bond acceptors (Lipinski definition) is 4. The summed E-state index contributed by atoms with van der Waals surface area (Å²) >= 11 is 0. The largest absolute Gasteiger partial charge is 0.505 e. The molecule has 5 heteroatoms. The molecule has 0 spiro atoms. The highest BCUT2D eigenvalue weighted by Gasteiger charge is 2.22. The van der Waals surface area contributed by atoms with E-state index in [0.29, 0.717) is 11.5 Å². The topological polar surface area (TPSA) is 56.7 Å². The maximum absolute atomic E-state index is 12.2. The van der Waals surface area contributed by atoms with Crippen LogP contribution in [0, 0.1) is 5.92 Å². The van der Waals surface area contributed by atoms with Gasteiger partial charge in [-0.1, -0.05) is 0 Å². The molecule has 1 aliphatic rings. The van der Waals surface area contributed by atoms with Crippen molar-refractivity contribution in [1.29, 1.82) is 0 Å². The quantitative estimate of drug-likeness (QED) is 0.890. The molecule has 1 atom stereocenters. The predicted octanol–water partition coefficient (Wildman–Crippen LogP) is 1.20. The third kappa shape index (κ3) is 3.44. The molecule has 1 aromatic rings. The number of carbonyl (C=O) groups excluding carboxylic acids is 1. The summed E-state index contributed by atoms with van der Waals surface area (Å²) < 4.78 is 0. The van der Waals surface area contributed by atoms with Crippen molar-refractivity contribution in [2.45, 2.75) is 12.8 Å². The Bertz CT molecular complexity index is 450. The van der Waals surface area contributed by atoms with Crippen molar-refractivity contribution >= 4 is 5.91 Å². The monoisotopic (exact) mass is 263 g/mol. The zero-order chi connectivity index (χ0) is 13.8. The van der Waals surface area contributed by atoms with Crippen molar-refractivity contribution in [1.82, 2.24) is 14.8 Å². The highest BCUT2D eigenvalue weighted by atomic mass is 16.3. The first-order valence-electron chi connectivity index (χ1n) is 6.65. The van der Waals surface area contributed by atoms with Crippen molar-refractivity contribution in [3.8, 4) is 5.75 Å². The number of rotatable bonds is 3. The first-order valence-corrected chi connectivity index (χ1v) is 6.65. The maximum Gasteiger partial charge on any atom is 0.257 e. The zero-order valence-electron chi connectivity index (χ0n) is 11.5. The summed E-state index contributed by atoms with van der Waals surface area (Å²) in [6.07, 6.45) is 5.17. The number of aromatic hydroxyl groups is 1. The Morgan fingerprint density at radius 1 is 1.63 bits per heavy atom. The second kappa shape index (κ2) is 6.02. The number of likely N-dealkylation sites (tertiary alicyclic amines) is 1. The van der Waals surface area contributed by atoms with Crippen LogP contribution in [0.3, 0.4) is 0 Å². The molecule has 0 aromatic carbocycles. The molecule has 0 aliphatic carbocycles. The van der Waals surface area contributed by atoms with E-state index in [1.54, 1.807) is 18.0 Å². The van der Waals surface area contributed by atoms with Gasteiger partial charge in [-0.15, -0.1) is 0 Å². The van der Waals surface area contributed by atoms with Gasteiger partial charge < -0.3 is 14.9 Å². The number of amides is 1. The highest BCUT2D eigenvalue weighted by Crippen LogP contribution is 2.19. The summed E-state index contributed by atoms with van der Waals surface area (Å²) in [6.45, 7) is 2.89. The molecule has 0 saturated carbocycles. The number of piperidine rings is 1. The standard InChI is InChI=1S/C14H21N3O2/c1-16-7-3-4-11(9-16)10-17(2)14(19)12-5-6-15-8-13(12)18/h5-6,8,11,18H,3-4,7,9-10H2,1-2H3/t11-/m0/s1. The van der Waals surface area contributed by atoms with Gasteiger partial charge in [0.2, 0.25) is 0 Å². The second-order valence-electron chi connectivity index (χ2n) is 5.35. The molecule has 1 fully saturated rings. The molecule has 0 bridgehead atoms. The molecule has 1 N–H and O–H groups in total. The average Bonchev–Trinajstić information content (AvgIpc) is 2.38. The van der Waals surface area contributed by atoms with Crippen LogP contribution in [0.25, 0.3) is 0 Å². The SMILES string of the molecule is CN1CCC[C@H](CN(C)C(=O)c2ccncc2O)C1. The Kier molecular flexibility index (Phi) is 4.37. The first kappa shape index (κ1) is 13.8. The molecule has 1 aliphatic heterocycles. The van der Waals surface area contributed by atoms with Gasteiger partial charge in [-0.2, -0.15) is 0 Å². The lowest BCUT2D eigenvalue weighted by molar-refractivity contribution is 0.0737. The summed E-state index contributed by atoms with van der Waals surface area (Å²) in [7, 11) is 3.90. The molecule has 2 rings (SSSR count). The van der Waals surface area contributed by atoms with Crippen LogP contribution < -0.4 is 0 Å². The fourth-order valence-corrected chi connectivity index (χ4v) is 2.67. The molecule has 1 aromatic heterocycles. The van der Waals surface area contributed by atoms with E-state index < -0.39 is 0 Å². The van der Waals surface area contributed by atoms with Gasteiger partial charge in [0.1, 0.15) is 5.75 Å². The average molecular weight is 263 g/mol. The fraction of sp³-hybridized carbons (Fsp3) is 0.571. The van der Waals surface area contributed by atoms with E-state index in [-0.39, 0.29) is 11.7 Å². The van der Waals surface area contributed by atoms with Crippen molar-refractivity contribution < 1.29 is 9.90 Å². The van der Waals surface area contributed by atoms with Crippen LogP contribution in [0.1, 0.15) is 23.2 Å². The van der Waals surface area contributed by atoms with E-state index >= 15 is 0 Å². The molecule has 1 amide bonds. The molecule has 5 nitrogen and oxygen atoms in total. The minimum absolute atomic E-state index is 0.0555. The van der Waals surface area contributed by atoms with E-state index in [2.05, 4.69) is 16.9 Å². The van der Waals surface area contributed by atoms with Crippen molar-refractivity contribution in [2.24, 2.45) is 5.92 Å². The van der Waals surface area contributed by atoms with E-state index in [9.17, 15) is 9.90 Å². The van der Waals surface area contributed by atoms with Gasteiger partial charge >= 0.3 is 0 Å². The summed E-state index contributed by atoms with van der Waals surface area (Å²) in [6, 6.07) is 1.56. The predicted molar refractivity (Wildman–Crippen MR) is 73.1 cm³/mol. The summed E-state index contributed by atoms with van der Waals surface area (Å²) in [5.41, 5.74) is 0.321. The van der Waals surface area contributed by atoms with Gasteiger partial charge in [-0.3, -0.25) is 9.78 Å². The molecule has 19 heavy (non-hydrogen) atoms. The second-order valence-corrected chi connectivity index (χ2v) is 5.35. The lowest BCUT2D eigenvalue weighted by atomic mass is 9.98. The number of hydrogen-bond donors (Lipinski definition) is 1. The Labute approximate surface area is 113 Å². The van der Waals surface area contributed by atoms with Crippen LogP contribution in [-0.2, 0) is 0 Å². The minimum Gasteiger partial charge on any atom is -0.505 e. The van der Waals surface area contributed by atoms with Crippen molar-refractivity contribution in [2.75, 3.05) is 33.7 Å². The Morgan fingerprint density at radius 2 is 2.42 bits per heavy atom. The van der Waals surface area contributed by atoms with E-state index in [4.69, 9.17) is 0 Å². The molecule has 104 valence electrons. The smallest absolute Gasteiger partial charge is 0.257 e. The van der Waals surface area contributed by atoms with Gasteiger partial charge in [0, 0.05) is 26.3 Å². The number of aromatic nitrogens is 1. The summed E-state index contributed by atoms with van der Waals surface area (Å²) in [4.78, 5) is 20.0. The first-order chi connectivity index (χ1) is 9.08. The Morgan fingerprint density at radius 3 is 3.11 bits per heavy atom. The Balaban J connectivity index is 1.98. The summed E-state index contributed by atoms with van der Waals surface area (Å²) in [5, 5.41) is 9.66. The minimum atomic E-state index is -0.145. The normalized spacial score (nSPS) is 20.2. The molecular formula is C14H21N3O2. The molecule has 1 saturated heterocycles. The third-order valence-electron chi connectivity index (χ3n) is 3.63. The molecule has 0 radical (unpaired) electrons. The van der Waals surface area contributed by atoms with E-state index in [1.807, 2.05) is 0 Å². The van der Waals surface area contributed by atoms with Crippen LogP contribution in [0.15, 0.2) is 18.5 Å². The Hall–Kier alpha value is -1.62. The third-order valence-corrected chi connectivity index (χ3v) is 3.63. The van der Waals surface area contributed by atoms with Gasteiger partial charge in [0.05, 0.1) is 11.8 Å². The van der Waals surface area contributed by atoms with Crippen LogP contribution >= 0.6 is 0 Å². The van der Waals surface area contributed by atoms with Gasteiger partial charge in [0.25, 0.3) is 5.91 Å². The van der Waals surface area contributed by atoms with Crippen molar-refractivity contribution in [3.63, 3.8) is 0 Å². The molecular weight excluding hydrogens is 242 g/mol. The van der Waals surface area contributed by atoms with Gasteiger partial charge in [-0.25, -0.2) is 0 Å². The fourth-order valence-electron chi connectivity index (χ4n) is 2.67. The van der Waals surface area contributed by atoms with E-state index in [0.717, 1.165) is 26.1 Å². The number of pyridine rings is 1. The lowest BCUT2D eigenvalue weighted by Crippen LogP contribution is -2.40. The maximum atomic E-state index is 12.2. The van der Waals surface area contributed by atoms with Crippen LogP contribution in [0.2, 0.25) is 0 Å². The van der Waals surface area contributed by atoms with Gasteiger partial charge in [-0.05, 0) is 38.4 Å². The van der Waals surface area contributed by atoms with Crippen LogP contribution in [0.5, 0.6) is 5.75 Å². The highest BCUT2D eigenvalue weighted by molar-refractivity contribution is 5.96. The van der Waals surface area contributed by atoms with E-state index in [1.165, 1.54) is 18.8 Å². The molecule has 2 heterocycles. The summed E-state index contributed by atoms with van der Waals surface area (Å²) in [5.74, 6) is 0.310.